The van der Waals surface area contributed by atoms with Crippen LogP contribution in [-0.2, 0) is 0 Å². The minimum absolute atomic E-state index is 0.215. The molecule has 0 aliphatic carbocycles. The predicted molar refractivity (Wildman–Crippen MR) is 114 cm³/mol. The topological polar surface area (TPSA) is 67.4 Å². The quantitative estimate of drug-likeness (QED) is 0.544. The molecular formula is C22H19BrN2O3. The van der Waals surface area contributed by atoms with E-state index in [0.717, 1.165) is 10.2 Å². The Morgan fingerprint density at radius 2 is 1.39 bits per heavy atom. The molecule has 0 radical (unpaired) electrons. The maximum Gasteiger partial charge on any atom is 0.255 e. The third-order valence-electron chi connectivity index (χ3n) is 3.91. The molecule has 28 heavy (non-hydrogen) atoms. The molecule has 0 unspecified atom stereocenters. The number of carbonyl (C=O) groups is 2. The number of anilines is 2. The van der Waals surface area contributed by atoms with E-state index in [9.17, 15) is 9.59 Å². The number of hydrogen-bond donors (Lipinski definition) is 2. The number of carbonyl (C=O) groups excluding carboxylic acids is 2. The number of ether oxygens (including phenoxy) is 1. The summed E-state index contributed by atoms with van der Waals surface area (Å²) in [7, 11) is 0. The number of amides is 2. The number of nitrogens with one attached hydrogen (secondary N) is 2. The Kier molecular flexibility index (Phi) is 6.45. The van der Waals surface area contributed by atoms with Gasteiger partial charge in [-0.2, -0.15) is 0 Å². The Morgan fingerprint density at radius 3 is 1.96 bits per heavy atom. The van der Waals surface area contributed by atoms with Crippen LogP contribution in [0.25, 0.3) is 0 Å². The summed E-state index contributed by atoms with van der Waals surface area (Å²) in [6, 6.07) is 21.0. The van der Waals surface area contributed by atoms with E-state index in [-0.39, 0.29) is 11.8 Å². The predicted octanol–water partition coefficient (Wildman–Crippen LogP) is 5.35. The summed E-state index contributed by atoms with van der Waals surface area (Å²) in [6.07, 6.45) is 0. The molecule has 6 heteroatoms. The largest absolute Gasteiger partial charge is 0.494 e. The first kappa shape index (κ1) is 19.6. The Bertz CT molecular complexity index is 970. The van der Waals surface area contributed by atoms with Gasteiger partial charge < -0.3 is 15.4 Å². The number of rotatable bonds is 6. The van der Waals surface area contributed by atoms with Gasteiger partial charge in [-0.15, -0.1) is 0 Å². The van der Waals surface area contributed by atoms with E-state index in [0.29, 0.717) is 29.1 Å². The lowest BCUT2D eigenvalue weighted by molar-refractivity contribution is 0.102. The molecule has 3 rings (SSSR count). The molecule has 2 amide bonds. The minimum atomic E-state index is -0.228. The van der Waals surface area contributed by atoms with Gasteiger partial charge in [-0.3, -0.25) is 9.59 Å². The second kappa shape index (κ2) is 9.19. The summed E-state index contributed by atoms with van der Waals surface area (Å²) in [5.41, 5.74) is 2.34. The molecule has 3 aromatic carbocycles. The fourth-order valence-corrected chi connectivity index (χ4v) is 2.94. The van der Waals surface area contributed by atoms with E-state index >= 15 is 0 Å². The van der Waals surface area contributed by atoms with Crippen molar-refractivity contribution in [3.8, 4) is 5.75 Å². The smallest absolute Gasteiger partial charge is 0.255 e. The van der Waals surface area contributed by atoms with Crippen molar-refractivity contribution in [1.82, 2.24) is 0 Å². The summed E-state index contributed by atoms with van der Waals surface area (Å²) >= 11 is 3.35. The van der Waals surface area contributed by atoms with E-state index in [4.69, 9.17) is 4.74 Å². The van der Waals surface area contributed by atoms with Crippen molar-refractivity contribution >= 4 is 39.1 Å². The van der Waals surface area contributed by atoms with Gasteiger partial charge >= 0.3 is 0 Å². The lowest BCUT2D eigenvalue weighted by atomic mass is 10.1. The summed E-state index contributed by atoms with van der Waals surface area (Å²) in [5, 5.41) is 5.65. The monoisotopic (exact) mass is 438 g/mol. The molecule has 3 aromatic rings. The van der Waals surface area contributed by atoms with Crippen molar-refractivity contribution in [2.75, 3.05) is 17.2 Å². The van der Waals surface area contributed by atoms with E-state index < -0.39 is 0 Å². The maximum absolute atomic E-state index is 12.4. The molecule has 0 bridgehead atoms. The number of halogens is 1. The van der Waals surface area contributed by atoms with Crippen LogP contribution in [0.15, 0.2) is 77.3 Å². The summed E-state index contributed by atoms with van der Waals surface area (Å²) in [5.74, 6) is 0.313. The van der Waals surface area contributed by atoms with Crippen LogP contribution in [0.2, 0.25) is 0 Å². The molecule has 142 valence electrons. The zero-order chi connectivity index (χ0) is 19.9. The van der Waals surface area contributed by atoms with E-state index in [2.05, 4.69) is 26.6 Å². The van der Waals surface area contributed by atoms with Crippen molar-refractivity contribution in [3.05, 3.63) is 88.4 Å². The lowest BCUT2D eigenvalue weighted by Gasteiger charge is -2.09. The van der Waals surface area contributed by atoms with Crippen molar-refractivity contribution in [2.24, 2.45) is 0 Å². The first-order valence-corrected chi connectivity index (χ1v) is 9.55. The highest BCUT2D eigenvalue weighted by atomic mass is 79.9. The van der Waals surface area contributed by atoms with Gasteiger partial charge in [0.25, 0.3) is 11.8 Å². The molecule has 0 saturated heterocycles. The standard InChI is InChI=1S/C22H19BrN2O3/c1-2-28-20-12-10-19(11-13-20)24-21(26)15-6-8-18(9-7-15)25-22(27)16-4-3-5-17(23)14-16/h3-14H,2H2,1H3,(H,24,26)(H,25,27). The van der Waals surface area contributed by atoms with Crippen LogP contribution < -0.4 is 15.4 Å². The Hall–Kier alpha value is -3.12. The van der Waals surface area contributed by atoms with Crippen LogP contribution in [-0.4, -0.2) is 18.4 Å². The summed E-state index contributed by atoms with van der Waals surface area (Å²) in [6.45, 7) is 2.51. The first-order chi connectivity index (χ1) is 13.5. The first-order valence-electron chi connectivity index (χ1n) is 8.76. The molecule has 0 fully saturated rings. The van der Waals surface area contributed by atoms with Gasteiger partial charge in [0.15, 0.2) is 0 Å². The normalized spacial score (nSPS) is 10.2. The van der Waals surface area contributed by atoms with Gasteiger partial charge in [0.05, 0.1) is 6.61 Å². The third-order valence-corrected chi connectivity index (χ3v) is 4.41. The highest BCUT2D eigenvalue weighted by Gasteiger charge is 2.09. The average Bonchev–Trinajstić information content (AvgIpc) is 2.70. The zero-order valence-electron chi connectivity index (χ0n) is 15.2. The van der Waals surface area contributed by atoms with Gasteiger partial charge in [0.2, 0.25) is 0 Å². The summed E-state index contributed by atoms with van der Waals surface area (Å²) in [4.78, 5) is 24.7. The Balaban J connectivity index is 1.61. The number of hydrogen-bond acceptors (Lipinski definition) is 3. The van der Waals surface area contributed by atoms with Crippen molar-refractivity contribution < 1.29 is 14.3 Å². The van der Waals surface area contributed by atoms with E-state index in [1.165, 1.54) is 0 Å². The molecule has 0 aliphatic rings. The van der Waals surface area contributed by atoms with E-state index in [1.54, 1.807) is 66.7 Å². The van der Waals surface area contributed by atoms with Gasteiger partial charge in [-0.05, 0) is 73.7 Å². The molecule has 0 aromatic heterocycles. The highest BCUT2D eigenvalue weighted by Crippen LogP contribution is 2.18. The zero-order valence-corrected chi connectivity index (χ0v) is 16.8. The van der Waals surface area contributed by atoms with E-state index in [1.807, 2.05) is 13.0 Å². The van der Waals surface area contributed by atoms with Gasteiger partial charge in [-0.25, -0.2) is 0 Å². The molecular weight excluding hydrogens is 420 g/mol. The molecule has 0 aliphatic heterocycles. The van der Waals surface area contributed by atoms with Crippen molar-refractivity contribution in [3.63, 3.8) is 0 Å². The molecule has 0 heterocycles. The SMILES string of the molecule is CCOc1ccc(NC(=O)c2ccc(NC(=O)c3cccc(Br)c3)cc2)cc1. The number of benzene rings is 3. The lowest BCUT2D eigenvalue weighted by Crippen LogP contribution is -2.13. The van der Waals surface area contributed by atoms with Gasteiger partial charge in [0, 0.05) is 27.0 Å². The second-order valence-electron chi connectivity index (χ2n) is 5.95. The third kappa shape index (κ3) is 5.20. The molecule has 2 N–H and O–H groups in total. The Labute approximate surface area is 171 Å². The Morgan fingerprint density at radius 1 is 0.821 bits per heavy atom. The summed E-state index contributed by atoms with van der Waals surface area (Å²) < 4.78 is 6.22. The van der Waals surface area contributed by atoms with Crippen LogP contribution in [0.4, 0.5) is 11.4 Å². The molecule has 0 saturated carbocycles. The fourth-order valence-electron chi connectivity index (χ4n) is 2.54. The van der Waals surface area contributed by atoms with Crippen molar-refractivity contribution in [1.29, 1.82) is 0 Å². The van der Waals surface area contributed by atoms with Crippen LogP contribution in [0.5, 0.6) is 5.75 Å². The maximum atomic E-state index is 12.4. The molecule has 0 atom stereocenters. The van der Waals surface area contributed by atoms with Crippen LogP contribution >= 0.6 is 15.9 Å². The average molecular weight is 439 g/mol. The van der Waals surface area contributed by atoms with Gasteiger partial charge in [-0.1, -0.05) is 22.0 Å². The fraction of sp³-hybridized carbons (Fsp3) is 0.0909. The van der Waals surface area contributed by atoms with Crippen molar-refractivity contribution in [2.45, 2.75) is 6.92 Å². The van der Waals surface area contributed by atoms with Crippen LogP contribution in [0.3, 0.4) is 0 Å². The second-order valence-corrected chi connectivity index (χ2v) is 6.87. The van der Waals surface area contributed by atoms with Crippen LogP contribution in [0.1, 0.15) is 27.6 Å². The van der Waals surface area contributed by atoms with Crippen LogP contribution in [0, 0.1) is 0 Å². The van der Waals surface area contributed by atoms with Gasteiger partial charge in [0.1, 0.15) is 5.75 Å². The highest BCUT2D eigenvalue weighted by molar-refractivity contribution is 9.10. The minimum Gasteiger partial charge on any atom is -0.494 e. The molecule has 5 nitrogen and oxygen atoms in total. The molecule has 0 spiro atoms.